The van der Waals surface area contributed by atoms with Gasteiger partial charge in [-0.25, -0.2) is 9.48 Å². The number of rotatable bonds is 10. The largest absolute Gasteiger partial charge is 0.506 e. The highest BCUT2D eigenvalue weighted by molar-refractivity contribution is 6.32. The van der Waals surface area contributed by atoms with Crippen molar-refractivity contribution in [1.82, 2.24) is 19.7 Å². The second-order valence-corrected chi connectivity index (χ2v) is 13.1. The number of carbonyl (C=O) groups excluding carboxylic acids is 1. The average Bonchev–Trinajstić information content (AvgIpc) is 3.49. The molecule has 0 saturated carbocycles. The standard InChI is InChI=1S/C36H37Cl2N5O5/c1-22-15-30(33(38)34(45)42(22)20-23-9-8-12-27(16-23)47-5)48-21-25-11-7-6-10-24(25)19-39-35(46)40-32-18-31(36(2,3)4)41-43(32)26-13-14-29(44)28(37)17-26/h6-18,44H,19-21H2,1-5H3,(H2,39,40,46). The SMILES string of the molecule is COc1cccc(Cn2c(C)cc(OCc3ccccc3CNC(=O)Nc3cc(C(C)(C)C)nn3-c3ccc(O)c(Cl)c3)c(Cl)c2=O)c1. The smallest absolute Gasteiger partial charge is 0.320 e. The van der Waals surface area contributed by atoms with Crippen LogP contribution in [-0.2, 0) is 25.1 Å². The van der Waals surface area contributed by atoms with Gasteiger partial charge in [-0.15, -0.1) is 0 Å². The number of hydrogen-bond donors (Lipinski definition) is 3. The number of anilines is 1. The van der Waals surface area contributed by atoms with Crippen molar-refractivity contribution in [2.45, 2.75) is 52.8 Å². The maximum atomic E-state index is 13.2. The van der Waals surface area contributed by atoms with E-state index in [0.717, 1.165) is 22.4 Å². The van der Waals surface area contributed by atoms with Crippen LogP contribution in [0, 0.1) is 6.92 Å². The number of amides is 2. The lowest BCUT2D eigenvalue weighted by molar-refractivity contribution is 0.251. The van der Waals surface area contributed by atoms with Crippen LogP contribution in [0.25, 0.3) is 5.69 Å². The second-order valence-electron chi connectivity index (χ2n) is 12.3. The van der Waals surface area contributed by atoms with Crippen LogP contribution in [-0.4, -0.2) is 32.6 Å². The Morgan fingerprint density at radius 1 is 0.979 bits per heavy atom. The number of phenolic OH excluding ortho intramolecular Hbond substituents is 1. The summed E-state index contributed by atoms with van der Waals surface area (Å²) in [5.74, 6) is 1.36. The molecule has 0 unspecified atom stereocenters. The van der Waals surface area contributed by atoms with E-state index in [-0.39, 0.29) is 45.7 Å². The summed E-state index contributed by atoms with van der Waals surface area (Å²) in [5, 5.41) is 20.5. The fourth-order valence-corrected chi connectivity index (χ4v) is 5.38. The van der Waals surface area contributed by atoms with Crippen LogP contribution in [0.1, 0.15) is 48.8 Å². The minimum absolute atomic E-state index is 0.0142. The number of aryl methyl sites for hydroxylation is 1. The Hall–Kier alpha value is -4.93. The molecule has 48 heavy (non-hydrogen) atoms. The van der Waals surface area contributed by atoms with Gasteiger partial charge in [-0.3, -0.25) is 10.1 Å². The van der Waals surface area contributed by atoms with Crippen molar-refractivity contribution in [3.05, 3.63) is 127 Å². The third kappa shape index (κ3) is 7.95. The van der Waals surface area contributed by atoms with Crippen LogP contribution in [0.2, 0.25) is 10.0 Å². The maximum absolute atomic E-state index is 13.2. The summed E-state index contributed by atoms with van der Waals surface area (Å²) < 4.78 is 14.5. The second kappa shape index (κ2) is 14.5. The van der Waals surface area contributed by atoms with Gasteiger partial charge in [0, 0.05) is 29.8 Å². The van der Waals surface area contributed by atoms with Crippen LogP contribution in [0.15, 0.2) is 83.7 Å². The number of halogens is 2. The van der Waals surface area contributed by atoms with Crippen LogP contribution in [0.4, 0.5) is 10.6 Å². The van der Waals surface area contributed by atoms with Crippen molar-refractivity contribution in [2.75, 3.05) is 12.4 Å². The number of pyridine rings is 1. The molecule has 0 aliphatic carbocycles. The first kappa shape index (κ1) is 34.4. The monoisotopic (exact) mass is 689 g/mol. The van der Waals surface area contributed by atoms with Crippen LogP contribution >= 0.6 is 23.2 Å². The molecule has 10 nitrogen and oxygen atoms in total. The molecule has 5 aromatic rings. The predicted molar refractivity (Wildman–Crippen MR) is 188 cm³/mol. The number of phenols is 1. The summed E-state index contributed by atoms with van der Waals surface area (Å²) in [6.07, 6.45) is 0. The molecule has 0 saturated heterocycles. The van der Waals surface area contributed by atoms with Crippen molar-refractivity contribution >= 4 is 35.1 Å². The lowest BCUT2D eigenvalue weighted by Crippen LogP contribution is -2.29. The van der Waals surface area contributed by atoms with E-state index in [1.54, 1.807) is 40.6 Å². The van der Waals surface area contributed by atoms with E-state index >= 15 is 0 Å². The van der Waals surface area contributed by atoms with E-state index in [1.165, 1.54) is 6.07 Å². The lowest BCUT2D eigenvalue weighted by atomic mass is 9.92. The fourth-order valence-electron chi connectivity index (χ4n) is 4.99. The number of carbonyl (C=O) groups is 1. The highest BCUT2D eigenvalue weighted by Gasteiger charge is 2.22. The van der Waals surface area contributed by atoms with Gasteiger partial charge in [0.1, 0.15) is 34.7 Å². The molecule has 0 radical (unpaired) electrons. The number of nitrogens with zero attached hydrogens (tertiary/aromatic N) is 3. The Morgan fingerprint density at radius 3 is 2.44 bits per heavy atom. The zero-order chi connectivity index (χ0) is 34.6. The first-order valence-corrected chi connectivity index (χ1v) is 16.0. The Kier molecular flexibility index (Phi) is 10.4. The van der Waals surface area contributed by atoms with Gasteiger partial charge < -0.3 is 24.5 Å². The first-order chi connectivity index (χ1) is 22.8. The van der Waals surface area contributed by atoms with Crippen molar-refractivity contribution < 1.29 is 19.4 Å². The molecule has 3 aromatic carbocycles. The topological polar surface area (TPSA) is 120 Å². The number of nitrogens with one attached hydrogen (secondary N) is 2. The third-order valence-corrected chi connectivity index (χ3v) is 8.38. The van der Waals surface area contributed by atoms with E-state index in [9.17, 15) is 14.7 Å². The average molecular weight is 691 g/mol. The van der Waals surface area contributed by atoms with Crippen LogP contribution in [0.3, 0.4) is 0 Å². The van der Waals surface area contributed by atoms with Crippen molar-refractivity contribution in [3.63, 3.8) is 0 Å². The quantitative estimate of drug-likeness (QED) is 0.139. The molecule has 2 aromatic heterocycles. The number of aromatic nitrogens is 3. The first-order valence-electron chi connectivity index (χ1n) is 15.2. The zero-order valence-corrected chi connectivity index (χ0v) is 28.8. The molecule has 2 heterocycles. The number of urea groups is 1. The summed E-state index contributed by atoms with van der Waals surface area (Å²) in [6, 6.07) is 22.8. The molecular weight excluding hydrogens is 653 g/mol. The van der Waals surface area contributed by atoms with Gasteiger partial charge in [0.25, 0.3) is 5.56 Å². The molecule has 0 atom stereocenters. The van der Waals surface area contributed by atoms with Gasteiger partial charge in [-0.05, 0) is 53.9 Å². The minimum atomic E-state index is -0.449. The highest BCUT2D eigenvalue weighted by Crippen LogP contribution is 2.30. The number of methoxy groups -OCH3 is 1. The van der Waals surface area contributed by atoms with Crippen molar-refractivity contribution in [2.24, 2.45) is 0 Å². The Bertz CT molecular complexity index is 2020. The van der Waals surface area contributed by atoms with Crippen molar-refractivity contribution in [3.8, 4) is 22.9 Å². The molecule has 3 N–H and O–H groups in total. The Labute approximate surface area is 288 Å². The molecule has 0 aliphatic rings. The van der Waals surface area contributed by atoms with Gasteiger partial charge in [0.05, 0.1) is 30.1 Å². The molecule has 12 heteroatoms. The van der Waals surface area contributed by atoms with Gasteiger partial charge in [0.15, 0.2) is 0 Å². The van der Waals surface area contributed by atoms with Gasteiger partial charge in [-0.2, -0.15) is 5.10 Å². The van der Waals surface area contributed by atoms with Gasteiger partial charge >= 0.3 is 6.03 Å². The molecule has 5 rings (SSSR count). The van der Waals surface area contributed by atoms with Crippen LogP contribution < -0.4 is 25.7 Å². The predicted octanol–water partition coefficient (Wildman–Crippen LogP) is 7.61. The highest BCUT2D eigenvalue weighted by atomic mass is 35.5. The van der Waals surface area contributed by atoms with E-state index in [4.69, 9.17) is 37.8 Å². The van der Waals surface area contributed by atoms with E-state index in [2.05, 4.69) is 10.6 Å². The molecular formula is C36H37Cl2N5O5. The van der Waals surface area contributed by atoms with Gasteiger partial charge in [-0.1, -0.05) is 80.4 Å². The maximum Gasteiger partial charge on any atom is 0.320 e. The Balaban J connectivity index is 1.28. The summed E-state index contributed by atoms with van der Waals surface area (Å²) in [5.41, 5.74) is 3.91. The van der Waals surface area contributed by atoms with Crippen molar-refractivity contribution in [1.29, 1.82) is 0 Å². The van der Waals surface area contributed by atoms with Gasteiger partial charge in [0.2, 0.25) is 0 Å². The molecule has 0 aliphatic heterocycles. The Morgan fingerprint density at radius 2 is 1.73 bits per heavy atom. The number of hydrogen-bond acceptors (Lipinski definition) is 6. The summed E-state index contributed by atoms with van der Waals surface area (Å²) in [6.45, 7) is 8.55. The normalized spacial score (nSPS) is 11.3. The number of benzene rings is 3. The molecule has 2 amide bonds. The molecule has 0 bridgehead atoms. The number of ether oxygens (including phenoxy) is 2. The summed E-state index contributed by atoms with van der Waals surface area (Å²) >= 11 is 12.7. The lowest BCUT2D eigenvalue weighted by Gasteiger charge is -2.16. The van der Waals surface area contributed by atoms with E-state index in [1.807, 2.05) is 76.2 Å². The molecule has 0 fully saturated rings. The summed E-state index contributed by atoms with van der Waals surface area (Å²) in [4.78, 5) is 26.4. The number of aromatic hydroxyl groups is 1. The summed E-state index contributed by atoms with van der Waals surface area (Å²) in [7, 11) is 1.60. The van der Waals surface area contributed by atoms with E-state index in [0.29, 0.717) is 29.5 Å². The zero-order valence-electron chi connectivity index (χ0n) is 27.3. The molecule has 0 spiro atoms. The minimum Gasteiger partial charge on any atom is -0.506 e. The molecule has 250 valence electrons. The van der Waals surface area contributed by atoms with Crippen LogP contribution in [0.5, 0.6) is 17.2 Å². The van der Waals surface area contributed by atoms with E-state index < -0.39 is 6.03 Å². The third-order valence-electron chi connectivity index (χ3n) is 7.73. The fraction of sp³-hybridized carbons (Fsp3) is 0.250.